The molecule has 0 bridgehead atoms. The monoisotopic (exact) mass is 356 g/mol. The van der Waals surface area contributed by atoms with Crippen LogP contribution >= 0.6 is 11.6 Å². The first-order valence-electron chi connectivity index (χ1n) is 7.09. The normalized spacial score (nSPS) is 22.5. The van der Waals surface area contributed by atoms with Crippen LogP contribution < -0.4 is 4.72 Å². The van der Waals surface area contributed by atoms with E-state index in [0.29, 0.717) is 10.8 Å². The first kappa shape index (κ1) is 16.5. The van der Waals surface area contributed by atoms with E-state index in [-0.39, 0.29) is 13.2 Å². The van der Waals surface area contributed by atoms with E-state index < -0.39 is 21.3 Å². The largest absolute Gasteiger partial charge is 0.468 e. The third kappa shape index (κ3) is 3.59. The second-order valence-electron chi connectivity index (χ2n) is 5.32. The lowest BCUT2D eigenvalue weighted by molar-refractivity contribution is -0.110. The fourth-order valence-corrected chi connectivity index (χ4v) is 4.22. The minimum absolute atomic E-state index is 0.0945. The molecule has 0 saturated carbocycles. The first-order chi connectivity index (χ1) is 11.0. The summed E-state index contributed by atoms with van der Waals surface area (Å²) in [5.41, 5.74) is 0.836. The Morgan fingerprint density at radius 1 is 1.30 bits per heavy atom. The third-order valence-electron chi connectivity index (χ3n) is 3.82. The van der Waals surface area contributed by atoms with Crippen LogP contribution in [0.25, 0.3) is 0 Å². The zero-order chi connectivity index (χ0) is 16.4. The van der Waals surface area contributed by atoms with Crippen LogP contribution in [0.1, 0.15) is 17.4 Å². The molecule has 1 aliphatic rings. The van der Waals surface area contributed by atoms with Crippen molar-refractivity contribution < 1.29 is 17.7 Å². The van der Waals surface area contributed by atoms with Gasteiger partial charge in [-0.15, -0.1) is 0 Å². The van der Waals surface area contributed by atoms with Gasteiger partial charge in [0.2, 0.25) is 10.0 Å². The van der Waals surface area contributed by atoms with Gasteiger partial charge in [0.25, 0.3) is 0 Å². The molecule has 2 unspecified atom stereocenters. The summed E-state index contributed by atoms with van der Waals surface area (Å²) in [6.45, 7) is 0.208. The van der Waals surface area contributed by atoms with E-state index in [1.54, 1.807) is 36.4 Å². The zero-order valence-corrected chi connectivity index (χ0v) is 14.0. The van der Waals surface area contributed by atoms with Crippen LogP contribution in [-0.4, -0.2) is 32.4 Å². The van der Waals surface area contributed by atoms with E-state index in [9.17, 15) is 8.42 Å². The lowest BCUT2D eigenvalue weighted by atomic mass is 10.0. The molecule has 6 nitrogen and oxygen atoms in total. The number of nitrogens with one attached hydrogen (secondary N) is 1. The molecule has 0 spiro atoms. The van der Waals surface area contributed by atoms with Gasteiger partial charge in [0, 0.05) is 12.1 Å². The molecule has 23 heavy (non-hydrogen) atoms. The van der Waals surface area contributed by atoms with Crippen LogP contribution in [-0.2, 0) is 21.4 Å². The summed E-state index contributed by atoms with van der Waals surface area (Å²) >= 11 is 5.90. The summed E-state index contributed by atoms with van der Waals surface area (Å²) in [5.74, 6) is 0.559. The van der Waals surface area contributed by atoms with Gasteiger partial charge in [-0.1, -0.05) is 23.7 Å². The standard InChI is InChI=1S/C15H17ClN2O4S/c1-18-15(11-4-6-12(16)7-5-11)14(10-22-18)23(19,20)17-9-13-3-2-8-21-13/h2-8,14-15,17H,9-10H2,1H3. The Kier molecular flexibility index (Phi) is 4.74. The molecule has 0 amide bonds. The molecule has 1 N–H and O–H groups in total. The molecule has 2 heterocycles. The Labute approximate surface area is 140 Å². The topological polar surface area (TPSA) is 71.8 Å². The van der Waals surface area contributed by atoms with Crippen molar-refractivity contribution in [3.8, 4) is 0 Å². The van der Waals surface area contributed by atoms with Gasteiger partial charge in [-0.3, -0.25) is 4.84 Å². The smallest absolute Gasteiger partial charge is 0.219 e. The van der Waals surface area contributed by atoms with Crippen LogP contribution in [0.3, 0.4) is 0 Å². The Morgan fingerprint density at radius 3 is 2.70 bits per heavy atom. The minimum atomic E-state index is -3.59. The summed E-state index contributed by atoms with van der Waals surface area (Å²) in [6.07, 6.45) is 1.51. The second-order valence-corrected chi connectivity index (χ2v) is 7.74. The van der Waals surface area contributed by atoms with Crippen LogP contribution in [0.15, 0.2) is 47.1 Å². The molecule has 2 aromatic rings. The summed E-state index contributed by atoms with van der Waals surface area (Å²) in [5, 5.41) is 1.45. The fraction of sp³-hybridized carbons (Fsp3) is 0.333. The SMILES string of the molecule is CN1OCC(S(=O)(=O)NCc2ccco2)C1c1ccc(Cl)cc1. The lowest BCUT2D eigenvalue weighted by Gasteiger charge is -2.23. The van der Waals surface area contributed by atoms with Crippen molar-refractivity contribution in [3.05, 3.63) is 59.0 Å². The third-order valence-corrected chi connectivity index (χ3v) is 5.81. The van der Waals surface area contributed by atoms with Crippen molar-refractivity contribution in [1.29, 1.82) is 0 Å². The maximum atomic E-state index is 12.6. The highest BCUT2D eigenvalue weighted by atomic mass is 35.5. The fourth-order valence-electron chi connectivity index (χ4n) is 2.63. The quantitative estimate of drug-likeness (QED) is 0.890. The van der Waals surface area contributed by atoms with Crippen molar-refractivity contribution in [1.82, 2.24) is 9.79 Å². The summed E-state index contributed by atoms with van der Waals surface area (Å²) in [4.78, 5) is 5.44. The van der Waals surface area contributed by atoms with Crippen molar-refractivity contribution in [3.63, 3.8) is 0 Å². The van der Waals surface area contributed by atoms with E-state index >= 15 is 0 Å². The average molecular weight is 357 g/mol. The molecule has 0 radical (unpaired) electrons. The summed E-state index contributed by atoms with van der Waals surface area (Å²) < 4.78 is 33.0. The maximum Gasteiger partial charge on any atom is 0.219 e. The van der Waals surface area contributed by atoms with E-state index in [4.69, 9.17) is 20.9 Å². The molecule has 0 aliphatic carbocycles. The second kappa shape index (κ2) is 6.62. The number of sulfonamides is 1. The van der Waals surface area contributed by atoms with Crippen LogP contribution in [0.5, 0.6) is 0 Å². The number of furan rings is 1. The number of benzene rings is 1. The van der Waals surface area contributed by atoms with Crippen molar-refractivity contribution in [2.45, 2.75) is 17.8 Å². The average Bonchev–Trinajstić information content (AvgIpc) is 3.16. The first-order valence-corrected chi connectivity index (χ1v) is 9.02. The van der Waals surface area contributed by atoms with E-state index in [1.165, 1.54) is 6.26 Å². The lowest BCUT2D eigenvalue weighted by Crippen LogP contribution is -2.39. The van der Waals surface area contributed by atoms with Gasteiger partial charge < -0.3 is 4.42 Å². The van der Waals surface area contributed by atoms with E-state index in [0.717, 1.165) is 5.56 Å². The molecule has 1 saturated heterocycles. The number of hydrogen-bond acceptors (Lipinski definition) is 5. The highest BCUT2D eigenvalue weighted by Crippen LogP contribution is 2.33. The summed E-state index contributed by atoms with van der Waals surface area (Å²) in [7, 11) is -1.86. The number of hydroxylamine groups is 2. The summed E-state index contributed by atoms with van der Waals surface area (Å²) in [6, 6.07) is 10.1. The molecule has 1 aromatic carbocycles. The predicted molar refractivity (Wildman–Crippen MR) is 86.2 cm³/mol. The zero-order valence-electron chi connectivity index (χ0n) is 12.5. The Morgan fingerprint density at radius 2 is 2.04 bits per heavy atom. The van der Waals surface area contributed by atoms with Gasteiger partial charge in [-0.2, -0.15) is 5.06 Å². The molecule has 2 atom stereocenters. The van der Waals surface area contributed by atoms with Crippen LogP contribution in [0, 0.1) is 0 Å². The van der Waals surface area contributed by atoms with Crippen LogP contribution in [0.4, 0.5) is 0 Å². The van der Waals surface area contributed by atoms with Crippen LogP contribution in [0.2, 0.25) is 5.02 Å². The number of rotatable bonds is 5. The molecule has 124 valence electrons. The minimum Gasteiger partial charge on any atom is -0.468 e. The Hall–Kier alpha value is -1.38. The molecule has 1 fully saturated rings. The molecular weight excluding hydrogens is 340 g/mol. The van der Waals surface area contributed by atoms with Gasteiger partial charge in [0.1, 0.15) is 11.0 Å². The molecule has 1 aromatic heterocycles. The Balaban J connectivity index is 1.80. The molecule has 1 aliphatic heterocycles. The number of halogens is 1. The van der Waals surface area contributed by atoms with Gasteiger partial charge >= 0.3 is 0 Å². The van der Waals surface area contributed by atoms with Crippen molar-refractivity contribution >= 4 is 21.6 Å². The predicted octanol–water partition coefficient (Wildman–Crippen LogP) is 2.34. The van der Waals surface area contributed by atoms with Gasteiger partial charge in [-0.05, 0) is 29.8 Å². The Bertz CT molecular complexity index is 746. The van der Waals surface area contributed by atoms with Gasteiger partial charge in [0.05, 0.1) is 25.5 Å². The molecular formula is C15H17ClN2O4S. The van der Waals surface area contributed by atoms with E-state index in [2.05, 4.69) is 4.72 Å². The highest BCUT2D eigenvalue weighted by molar-refractivity contribution is 7.90. The number of nitrogens with zero attached hydrogens (tertiary/aromatic N) is 1. The molecule has 3 rings (SSSR count). The van der Waals surface area contributed by atoms with Gasteiger partial charge in [-0.25, -0.2) is 13.1 Å². The van der Waals surface area contributed by atoms with Gasteiger partial charge in [0.15, 0.2) is 0 Å². The maximum absolute atomic E-state index is 12.6. The highest BCUT2D eigenvalue weighted by Gasteiger charge is 2.43. The van der Waals surface area contributed by atoms with E-state index in [1.807, 2.05) is 12.1 Å². The molecule has 8 heteroatoms. The number of hydrogen-bond donors (Lipinski definition) is 1. The van der Waals surface area contributed by atoms with Crippen molar-refractivity contribution in [2.75, 3.05) is 13.7 Å². The van der Waals surface area contributed by atoms with Crippen molar-refractivity contribution in [2.24, 2.45) is 0 Å².